The Bertz CT molecular complexity index is 537. The van der Waals surface area contributed by atoms with Crippen LogP contribution in [0.15, 0.2) is 42.5 Å². The second-order valence-electron chi connectivity index (χ2n) is 3.57. The van der Waals surface area contributed by atoms with E-state index in [1.807, 2.05) is 18.2 Å². The molecule has 0 bridgehead atoms. The number of phenols is 1. The van der Waals surface area contributed by atoms with Crippen LogP contribution in [-0.4, -0.2) is 5.11 Å². The molecule has 1 aliphatic rings. The van der Waals surface area contributed by atoms with Gasteiger partial charge in [-0.3, -0.25) is 0 Å². The number of hydrogen-bond acceptors (Lipinski definition) is 2. The summed E-state index contributed by atoms with van der Waals surface area (Å²) in [6, 6.07) is 12.4. The molecule has 0 saturated carbocycles. The highest BCUT2D eigenvalue weighted by atomic mass is 16.5. The predicted molar refractivity (Wildman–Crippen MR) is 57.2 cm³/mol. The lowest BCUT2D eigenvalue weighted by atomic mass is 10.1. The van der Waals surface area contributed by atoms with Crippen molar-refractivity contribution in [2.45, 2.75) is 0 Å². The van der Waals surface area contributed by atoms with Gasteiger partial charge in [0.2, 0.25) is 0 Å². The first-order valence-corrected chi connectivity index (χ1v) is 4.75. The molecule has 3 rings (SSSR count). The van der Waals surface area contributed by atoms with Crippen LogP contribution in [0.1, 0.15) is 0 Å². The first kappa shape index (κ1) is 8.47. The van der Waals surface area contributed by atoms with Crippen LogP contribution in [0.3, 0.4) is 0 Å². The Balaban J connectivity index is 2.39. The fourth-order valence-electron chi connectivity index (χ4n) is 2.06. The van der Waals surface area contributed by atoms with Crippen molar-refractivity contribution in [1.29, 1.82) is 0 Å². The normalized spacial score (nSPS) is 17.3. The van der Waals surface area contributed by atoms with Crippen LogP contribution in [0.4, 0.5) is 11.4 Å². The van der Waals surface area contributed by atoms with E-state index in [9.17, 15) is 10.3 Å². The van der Waals surface area contributed by atoms with E-state index in [4.69, 9.17) is 0 Å². The second kappa shape index (κ2) is 2.82. The van der Waals surface area contributed by atoms with Gasteiger partial charge in [0.05, 0.1) is 11.1 Å². The molecular formula is C12H9NO2. The summed E-state index contributed by atoms with van der Waals surface area (Å²) in [5.74, 6) is 0.172. The third kappa shape index (κ3) is 1.02. The van der Waals surface area contributed by atoms with Crippen molar-refractivity contribution in [2.75, 3.05) is 0 Å². The van der Waals surface area contributed by atoms with Gasteiger partial charge < -0.3 is 15.4 Å². The topological polar surface area (TPSA) is 47.7 Å². The summed E-state index contributed by atoms with van der Waals surface area (Å²) < 4.78 is 0. The molecule has 0 radical (unpaired) electrons. The Morgan fingerprint density at radius 2 is 1.67 bits per heavy atom. The SMILES string of the molecule is [O-][NH+]1c2ccccc2-c2c(O)cccc21. The molecule has 1 unspecified atom stereocenters. The average molecular weight is 199 g/mol. The van der Waals surface area contributed by atoms with Crippen molar-refractivity contribution < 1.29 is 10.2 Å². The Labute approximate surface area is 86.8 Å². The van der Waals surface area contributed by atoms with Gasteiger partial charge >= 0.3 is 0 Å². The van der Waals surface area contributed by atoms with Crippen LogP contribution in [0.25, 0.3) is 11.1 Å². The van der Waals surface area contributed by atoms with E-state index in [-0.39, 0.29) is 10.8 Å². The number of hydrogen-bond donors (Lipinski definition) is 2. The van der Waals surface area contributed by atoms with Crippen LogP contribution in [0.2, 0.25) is 0 Å². The lowest BCUT2D eigenvalue weighted by Gasteiger charge is -2.16. The van der Waals surface area contributed by atoms with Gasteiger partial charge in [0.15, 0.2) is 0 Å². The Morgan fingerprint density at radius 3 is 2.53 bits per heavy atom. The molecule has 1 aliphatic heterocycles. The van der Waals surface area contributed by atoms with Crippen LogP contribution in [0.5, 0.6) is 5.75 Å². The van der Waals surface area contributed by atoms with Crippen molar-refractivity contribution in [3.8, 4) is 16.9 Å². The summed E-state index contributed by atoms with van der Waals surface area (Å²) in [6.07, 6.45) is 0. The van der Waals surface area contributed by atoms with Gasteiger partial charge in [0.25, 0.3) is 0 Å². The molecular weight excluding hydrogens is 190 g/mol. The molecule has 2 aromatic rings. The fraction of sp³-hybridized carbons (Fsp3) is 0. The van der Waals surface area contributed by atoms with Gasteiger partial charge in [0.1, 0.15) is 17.1 Å². The van der Waals surface area contributed by atoms with Crippen LogP contribution in [-0.2, 0) is 0 Å². The molecule has 74 valence electrons. The lowest BCUT2D eigenvalue weighted by Crippen LogP contribution is -2.95. The summed E-state index contributed by atoms with van der Waals surface area (Å²) in [7, 11) is 0. The molecule has 2 N–H and O–H groups in total. The highest BCUT2D eigenvalue weighted by Gasteiger charge is 2.28. The number of nitrogens with one attached hydrogen (secondary N) is 1. The zero-order valence-corrected chi connectivity index (χ0v) is 7.90. The third-order valence-electron chi connectivity index (χ3n) is 2.73. The zero-order chi connectivity index (χ0) is 10.4. The highest BCUT2D eigenvalue weighted by molar-refractivity contribution is 5.88. The molecule has 0 aromatic heterocycles. The largest absolute Gasteiger partial charge is 0.623 e. The first-order chi connectivity index (χ1) is 7.29. The van der Waals surface area contributed by atoms with E-state index < -0.39 is 0 Å². The molecule has 1 atom stereocenters. The zero-order valence-electron chi connectivity index (χ0n) is 7.90. The number of rotatable bonds is 0. The Hall–Kier alpha value is -1.84. The highest BCUT2D eigenvalue weighted by Crippen LogP contribution is 2.41. The van der Waals surface area contributed by atoms with Crippen molar-refractivity contribution in [3.63, 3.8) is 0 Å². The molecule has 0 fully saturated rings. The fourth-order valence-corrected chi connectivity index (χ4v) is 2.06. The van der Waals surface area contributed by atoms with Crippen LogP contribution < -0.4 is 5.06 Å². The minimum absolute atomic E-state index is 0.00324. The second-order valence-corrected chi connectivity index (χ2v) is 3.57. The van der Waals surface area contributed by atoms with Crippen molar-refractivity contribution in [2.24, 2.45) is 0 Å². The van der Waals surface area contributed by atoms with E-state index in [1.165, 1.54) is 0 Å². The van der Waals surface area contributed by atoms with Gasteiger partial charge in [-0.1, -0.05) is 18.2 Å². The van der Waals surface area contributed by atoms with E-state index in [1.54, 1.807) is 24.3 Å². The molecule has 0 amide bonds. The number of phenolic OH excluding ortho intramolecular Hbond substituents is 1. The quantitative estimate of drug-likeness (QED) is 0.634. The average Bonchev–Trinajstić information content (AvgIpc) is 2.55. The predicted octanol–water partition coefficient (Wildman–Crippen LogP) is 1.72. The van der Waals surface area contributed by atoms with Crippen molar-refractivity contribution in [1.82, 2.24) is 0 Å². The van der Waals surface area contributed by atoms with Gasteiger partial charge in [-0.2, -0.15) is 0 Å². The molecule has 0 saturated heterocycles. The molecule has 3 nitrogen and oxygen atoms in total. The van der Waals surface area contributed by atoms with E-state index >= 15 is 0 Å². The van der Waals surface area contributed by atoms with Crippen LogP contribution in [0, 0.1) is 5.21 Å². The monoisotopic (exact) mass is 199 g/mol. The summed E-state index contributed by atoms with van der Waals surface area (Å²) in [5, 5.41) is 21.7. The number of para-hydroxylation sites is 1. The minimum Gasteiger partial charge on any atom is -0.623 e. The van der Waals surface area contributed by atoms with Crippen molar-refractivity contribution in [3.05, 3.63) is 47.7 Å². The number of benzene rings is 2. The van der Waals surface area contributed by atoms with Gasteiger partial charge in [-0.25, -0.2) is 0 Å². The van der Waals surface area contributed by atoms with E-state index in [0.717, 1.165) is 5.56 Å². The Morgan fingerprint density at radius 1 is 0.933 bits per heavy atom. The Kier molecular flexibility index (Phi) is 1.59. The molecule has 0 spiro atoms. The molecule has 3 heteroatoms. The first-order valence-electron chi connectivity index (χ1n) is 4.75. The van der Waals surface area contributed by atoms with Gasteiger partial charge in [0, 0.05) is 12.1 Å². The lowest BCUT2D eigenvalue weighted by molar-refractivity contribution is -0.694. The van der Waals surface area contributed by atoms with Crippen molar-refractivity contribution >= 4 is 11.4 Å². The minimum atomic E-state index is -0.00324. The third-order valence-corrected chi connectivity index (χ3v) is 2.73. The number of fused-ring (bicyclic) bond motifs is 3. The number of aromatic hydroxyl groups is 1. The van der Waals surface area contributed by atoms with E-state index in [0.29, 0.717) is 16.9 Å². The molecule has 0 aliphatic carbocycles. The van der Waals surface area contributed by atoms with Gasteiger partial charge in [-0.05, 0) is 12.1 Å². The standard InChI is InChI=1S/C12H9NO2/c14-11-7-3-6-10-12(11)8-4-1-2-5-9(8)13(10)15/h1-7,13-14H. The summed E-state index contributed by atoms with van der Waals surface area (Å²) in [5.41, 5.74) is 2.76. The summed E-state index contributed by atoms with van der Waals surface area (Å²) >= 11 is 0. The smallest absolute Gasteiger partial charge is 0.148 e. The molecule has 2 aromatic carbocycles. The van der Waals surface area contributed by atoms with Gasteiger partial charge in [-0.15, -0.1) is 0 Å². The van der Waals surface area contributed by atoms with E-state index in [2.05, 4.69) is 0 Å². The van der Waals surface area contributed by atoms with Crippen LogP contribution >= 0.6 is 0 Å². The maximum atomic E-state index is 11.9. The molecule has 1 heterocycles. The summed E-state index contributed by atoms with van der Waals surface area (Å²) in [4.78, 5) is 0. The number of quaternary nitrogens is 1. The molecule has 15 heavy (non-hydrogen) atoms. The summed E-state index contributed by atoms with van der Waals surface area (Å²) in [6.45, 7) is 0. The maximum absolute atomic E-state index is 11.9. The maximum Gasteiger partial charge on any atom is 0.148 e.